The van der Waals surface area contributed by atoms with Crippen molar-refractivity contribution in [3.8, 4) is 0 Å². The molecule has 1 N–H and O–H groups in total. The van der Waals surface area contributed by atoms with E-state index in [1.54, 1.807) is 11.3 Å². The van der Waals surface area contributed by atoms with Gasteiger partial charge in [-0.05, 0) is 18.5 Å². The maximum Gasteiger partial charge on any atom is 0.0520 e. The molecule has 1 unspecified atom stereocenters. The van der Waals surface area contributed by atoms with Crippen molar-refractivity contribution in [2.45, 2.75) is 5.92 Å². The first-order valence-corrected chi connectivity index (χ1v) is 6.72. The number of aliphatic hydroxyl groups is 1. The van der Waals surface area contributed by atoms with Gasteiger partial charge < -0.3 is 14.9 Å². The molecule has 3 nitrogen and oxygen atoms in total. The first kappa shape index (κ1) is 12.0. The lowest BCUT2D eigenvalue weighted by Crippen LogP contribution is -2.46. The van der Waals surface area contributed by atoms with Gasteiger partial charge in [0.25, 0.3) is 0 Å². The fourth-order valence-electron chi connectivity index (χ4n) is 2.10. The zero-order chi connectivity index (χ0) is 11.4. The van der Waals surface area contributed by atoms with Crippen molar-refractivity contribution < 1.29 is 5.11 Å². The fraction of sp³-hybridized carbons (Fsp3) is 0.667. The van der Waals surface area contributed by atoms with Crippen molar-refractivity contribution in [1.82, 2.24) is 9.80 Å². The topological polar surface area (TPSA) is 26.7 Å². The molecule has 90 valence electrons. The third-order valence-corrected chi connectivity index (χ3v) is 4.28. The van der Waals surface area contributed by atoms with Crippen LogP contribution < -0.4 is 0 Å². The molecule has 1 atom stereocenters. The maximum absolute atomic E-state index is 9.45. The smallest absolute Gasteiger partial charge is 0.0520 e. The highest BCUT2D eigenvalue weighted by Crippen LogP contribution is 2.22. The van der Waals surface area contributed by atoms with E-state index in [1.807, 2.05) is 0 Å². The zero-order valence-corrected chi connectivity index (χ0v) is 10.6. The van der Waals surface area contributed by atoms with Crippen molar-refractivity contribution in [3.05, 3.63) is 22.4 Å². The molecule has 0 radical (unpaired) electrons. The monoisotopic (exact) mass is 240 g/mol. The van der Waals surface area contributed by atoms with Crippen LogP contribution in [0.5, 0.6) is 0 Å². The predicted molar refractivity (Wildman–Crippen MR) is 68.1 cm³/mol. The van der Waals surface area contributed by atoms with E-state index in [-0.39, 0.29) is 6.61 Å². The number of nitrogens with zero attached hydrogens (tertiary/aromatic N) is 2. The van der Waals surface area contributed by atoms with Gasteiger partial charge in [-0.15, -0.1) is 11.3 Å². The van der Waals surface area contributed by atoms with Gasteiger partial charge in [-0.25, -0.2) is 0 Å². The molecule has 0 amide bonds. The van der Waals surface area contributed by atoms with Crippen molar-refractivity contribution >= 4 is 11.3 Å². The molecule has 0 spiro atoms. The van der Waals surface area contributed by atoms with Crippen LogP contribution in [0.1, 0.15) is 10.8 Å². The summed E-state index contributed by atoms with van der Waals surface area (Å²) in [5, 5.41) is 11.5. The summed E-state index contributed by atoms with van der Waals surface area (Å²) in [4.78, 5) is 6.12. The molecule has 0 aromatic carbocycles. The van der Waals surface area contributed by atoms with Crippen molar-refractivity contribution in [2.24, 2.45) is 0 Å². The van der Waals surface area contributed by atoms with Crippen LogP contribution in [0.2, 0.25) is 0 Å². The van der Waals surface area contributed by atoms with Crippen LogP contribution in [0.3, 0.4) is 0 Å². The number of rotatable bonds is 4. The van der Waals surface area contributed by atoms with Gasteiger partial charge in [-0.1, -0.05) is 6.07 Å². The standard InChI is InChI=1S/C12H20N2OS/c1-13-4-6-14(7-5-13)9-11(10-15)12-3-2-8-16-12/h2-3,8,11,15H,4-7,9-10H2,1H3. The minimum absolute atomic E-state index is 0.257. The summed E-state index contributed by atoms with van der Waals surface area (Å²) in [7, 11) is 2.17. The molecular formula is C12H20N2OS. The number of piperazine rings is 1. The Morgan fingerprint density at radius 2 is 2.12 bits per heavy atom. The van der Waals surface area contributed by atoms with E-state index in [2.05, 4.69) is 34.4 Å². The number of thiophene rings is 1. The predicted octanol–water partition coefficient (Wildman–Crippen LogP) is 1.07. The molecule has 1 fully saturated rings. The van der Waals surface area contributed by atoms with Gasteiger partial charge in [-0.3, -0.25) is 0 Å². The van der Waals surface area contributed by atoms with Gasteiger partial charge in [0.05, 0.1) is 6.61 Å². The Morgan fingerprint density at radius 1 is 1.38 bits per heavy atom. The Balaban J connectivity index is 1.87. The van der Waals surface area contributed by atoms with E-state index in [4.69, 9.17) is 0 Å². The van der Waals surface area contributed by atoms with E-state index in [0.29, 0.717) is 5.92 Å². The Kier molecular flexibility index (Phi) is 4.35. The minimum atomic E-state index is 0.257. The summed E-state index contributed by atoms with van der Waals surface area (Å²) in [6.45, 7) is 5.78. The average Bonchev–Trinajstić information content (AvgIpc) is 2.82. The largest absolute Gasteiger partial charge is 0.396 e. The van der Waals surface area contributed by atoms with E-state index >= 15 is 0 Å². The zero-order valence-electron chi connectivity index (χ0n) is 9.80. The van der Waals surface area contributed by atoms with Crippen molar-refractivity contribution in [2.75, 3.05) is 46.4 Å². The highest BCUT2D eigenvalue weighted by Gasteiger charge is 2.19. The van der Waals surface area contributed by atoms with Crippen LogP contribution in [0.4, 0.5) is 0 Å². The Hall–Kier alpha value is -0.420. The summed E-state index contributed by atoms with van der Waals surface area (Å²) in [6.07, 6.45) is 0. The molecule has 0 aliphatic carbocycles. The molecule has 2 rings (SSSR count). The van der Waals surface area contributed by atoms with Crippen LogP contribution in [0, 0.1) is 0 Å². The average molecular weight is 240 g/mol. The van der Waals surface area contributed by atoms with Gasteiger partial charge in [0.15, 0.2) is 0 Å². The van der Waals surface area contributed by atoms with Gasteiger partial charge >= 0.3 is 0 Å². The second-order valence-electron chi connectivity index (χ2n) is 4.50. The third-order valence-electron chi connectivity index (χ3n) is 3.24. The lowest BCUT2D eigenvalue weighted by molar-refractivity contribution is 0.133. The molecule has 16 heavy (non-hydrogen) atoms. The van der Waals surface area contributed by atoms with Gasteiger partial charge in [-0.2, -0.15) is 0 Å². The molecule has 1 saturated heterocycles. The fourth-order valence-corrected chi connectivity index (χ4v) is 2.92. The summed E-state index contributed by atoms with van der Waals surface area (Å²) in [6, 6.07) is 4.19. The molecule has 1 aliphatic heterocycles. The van der Waals surface area contributed by atoms with Crippen LogP contribution in [0.15, 0.2) is 17.5 Å². The van der Waals surface area contributed by atoms with Gasteiger partial charge in [0, 0.05) is 43.5 Å². The number of likely N-dealkylation sites (N-methyl/N-ethyl adjacent to an activating group) is 1. The molecule has 4 heteroatoms. The van der Waals surface area contributed by atoms with Gasteiger partial charge in [0.1, 0.15) is 0 Å². The highest BCUT2D eigenvalue weighted by molar-refractivity contribution is 7.10. The maximum atomic E-state index is 9.45. The number of hydrogen-bond donors (Lipinski definition) is 1. The molecule has 1 aliphatic rings. The summed E-state index contributed by atoms with van der Waals surface area (Å²) in [5.41, 5.74) is 0. The van der Waals surface area contributed by atoms with E-state index in [1.165, 1.54) is 4.88 Å². The van der Waals surface area contributed by atoms with E-state index in [0.717, 1.165) is 32.7 Å². The molecule has 0 bridgehead atoms. The number of aliphatic hydroxyl groups excluding tert-OH is 1. The Morgan fingerprint density at radius 3 is 2.69 bits per heavy atom. The van der Waals surface area contributed by atoms with E-state index in [9.17, 15) is 5.11 Å². The molecule has 2 heterocycles. The van der Waals surface area contributed by atoms with Crippen molar-refractivity contribution in [3.63, 3.8) is 0 Å². The van der Waals surface area contributed by atoms with Crippen LogP contribution in [-0.2, 0) is 0 Å². The lowest BCUT2D eigenvalue weighted by Gasteiger charge is -2.34. The summed E-state index contributed by atoms with van der Waals surface area (Å²) in [5.74, 6) is 0.295. The number of hydrogen-bond acceptors (Lipinski definition) is 4. The first-order chi connectivity index (χ1) is 7.79. The van der Waals surface area contributed by atoms with Crippen LogP contribution in [-0.4, -0.2) is 61.3 Å². The minimum Gasteiger partial charge on any atom is -0.396 e. The second-order valence-corrected chi connectivity index (χ2v) is 5.48. The Labute approximate surface area is 101 Å². The molecule has 0 saturated carbocycles. The molecule has 1 aromatic rings. The Bertz CT molecular complexity index is 294. The molecule has 1 aromatic heterocycles. The highest BCUT2D eigenvalue weighted by atomic mass is 32.1. The SMILES string of the molecule is CN1CCN(CC(CO)c2cccs2)CC1. The third kappa shape index (κ3) is 3.04. The van der Waals surface area contributed by atoms with Gasteiger partial charge in [0.2, 0.25) is 0 Å². The normalized spacial score (nSPS) is 21.1. The van der Waals surface area contributed by atoms with Crippen molar-refractivity contribution in [1.29, 1.82) is 0 Å². The van der Waals surface area contributed by atoms with Crippen LogP contribution in [0.25, 0.3) is 0 Å². The quantitative estimate of drug-likeness (QED) is 0.853. The second kappa shape index (κ2) is 5.77. The summed E-state index contributed by atoms with van der Waals surface area (Å²) >= 11 is 1.75. The van der Waals surface area contributed by atoms with E-state index < -0.39 is 0 Å². The molecular weight excluding hydrogens is 220 g/mol. The first-order valence-electron chi connectivity index (χ1n) is 5.84. The van der Waals surface area contributed by atoms with Crippen LogP contribution >= 0.6 is 11.3 Å². The summed E-state index contributed by atoms with van der Waals surface area (Å²) < 4.78 is 0. The lowest BCUT2D eigenvalue weighted by atomic mass is 10.1.